The van der Waals surface area contributed by atoms with Crippen molar-refractivity contribution in [2.45, 2.75) is 26.2 Å². The van der Waals surface area contributed by atoms with Gasteiger partial charge in [0.25, 0.3) is 0 Å². The zero-order valence-corrected chi connectivity index (χ0v) is 5.89. The topological polar surface area (TPSA) is 54.4 Å². The van der Waals surface area contributed by atoms with Crippen LogP contribution in [-0.2, 0) is 9.59 Å². The maximum atomic E-state index is 10.7. The molecule has 0 amide bonds. The van der Waals surface area contributed by atoms with E-state index < -0.39 is 11.4 Å². The number of carboxylic acid groups (broad SMARTS) is 1. The molecule has 1 fully saturated rings. The van der Waals surface area contributed by atoms with Gasteiger partial charge < -0.3 is 5.11 Å². The van der Waals surface area contributed by atoms with Crippen molar-refractivity contribution in [3.8, 4) is 0 Å². The number of hydrogen-bond donors (Lipinski definition) is 1. The quantitative estimate of drug-likeness (QED) is 0.590. The van der Waals surface area contributed by atoms with Gasteiger partial charge in [-0.2, -0.15) is 0 Å². The molecule has 0 radical (unpaired) electrons. The van der Waals surface area contributed by atoms with Crippen LogP contribution in [-0.4, -0.2) is 16.9 Å². The van der Waals surface area contributed by atoms with E-state index in [2.05, 4.69) is 0 Å². The molecule has 0 aromatic heterocycles. The predicted molar refractivity (Wildman–Crippen MR) is 34.6 cm³/mol. The van der Waals surface area contributed by atoms with Gasteiger partial charge >= 0.3 is 5.97 Å². The number of carbonyl (C=O) groups is 2. The van der Waals surface area contributed by atoms with E-state index in [1.807, 2.05) is 0 Å². The molecule has 0 aliphatic heterocycles. The third kappa shape index (κ3) is 1.03. The number of ketones is 1. The van der Waals surface area contributed by atoms with Gasteiger partial charge in [-0.3, -0.25) is 9.59 Å². The van der Waals surface area contributed by atoms with Crippen molar-refractivity contribution >= 4 is 11.8 Å². The lowest BCUT2D eigenvalue weighted by atomic mass is 9.89. The minimum Gasteiger partial charge on any atom is -0.481 e. The lowest BCUT2D eigenvalue weighted by Crippen LogP contribution is -2.23. The van der Waals surface area contributed by atoms with E-state index in [0.29, 0.717) is 12.8 Å². The molecule has 1 N–H and O–H groups in total. The van der Waals surface area contributed by atoms with Crippen molar-refractivity contribution in [1.29, 1.82) is 0 Å². The minimum absolute atomic E-state index is 0.0740. The van der Waals surface area contributed by atoms with E-state index in [1.54, 1.807) is 6.92 Å². The number of Topliss-reactive ketones (excluding diaryl/α,β-unsaturated/α-hetero) is 1. The van der Waals surface area contributed by atoms with Gasteiger partial charge in [0.15, 0.2) is 0 Å². The molecular weight excluding hydrogens is 132 g/mol. The van der Waals surface area contributed by atoms with Crippen molar-refractivity contribution in [1.82, 2.24) is 0 Å². The molecule has 0 heterocycles. The molecule has 56 valence electrons. The molecule has 1 saturated carbocycles. The summed E-state index contributed by atoms with van der Waals surface area (Å²) in [5.41, 5.74) is -0.767. The second-order valence-electron chi connectivity index (χ2n) is 3.08. The van der Waals surface area contributed by atoms with Crippen LogP contribution in [0.4, 0.5) is 0 Å². The Morgan fingerprint density at radius 2 is 2.30 bits per heavy atom. The number of carboxylic acids is 1. The summed E-state index contributed by atoms with van der Waals surface area (Å²) in [6.07, 6.45) is 1.15. The molecule has 3 nitrogen and oxygen atoms in total. The van der Waals surface area contributed by atoms with Gasteiger partial charge in [-0.1, -0.05) is 0 Å². The van der Waals surface area contributed by atoms with E-state index in [9.17, 15) is 9.59 Å². The van der Waals surface area contributed by atoms with E-state index in [-0.39, 0.29) is 12.2 Å². The zero-order valence-electron chi connectivity index (χ0n) is 5.89. The highest BCUT2D eigenvalue weighted by molar-refractivity contribution is 5.89. The van der Waals surface area contributed by atoms with Crippen LogP contribution in [0.25, 0.3) is 0 Å². The van der Waals surface area contributed by atoms with Crippen LogP contribution in [0.15, 0.2) is 0 Å². The van der Waals surface area contributed by atoms with Gasteiger partial charge in [-0.15, -0.1) is 0 Å². The summed E-state index contributed by atoms with van der Waals surface area (Å²) < 4.78 is 0. The van der Waals surface area contributed by atoms with E-state index >= 15 is 0 Å². The summed E-state index contributed by atoms with van der Waals surface area (Å²) in [4.78, 5) is 21.2. The van der Waals surface area contributed by atoms with Crippen LogP contribution in [0.3, 0.4) is 0 Å². The average molecular weight is 142 g/mol. The molecule has 0 unspecified atom stereocenters. The Hall–Kier alpha value is -0.860. The predicted octanol–water partition coefficient (Wildman–Crippen LogP) is 0.830. The van der Waals surface area contributed by atoms with Crippen molar-refractivity contribution in [3.05, 3.63) is 0 Å². The molecule has 1 aliphatic carbocycles. The molecule has 0 aromatic rings. The van der Waals surface area contributed by atoms with Gasteiger partial charge in [0, 0.05) is 12.8 Å². The van der Waals surface area contributed by atoms with Gasteiger partial charge in [-0.05, 0) is 13.3 Å². The normalized spacial score (nSPS) is 32.7. The Labute approximate surface area is 59.0 Å². The van der Waals surface area contributed by atoms with Crippen molar-refractivity contribution in [3.63, 3.8) is 0 Å². The summed E-state index contributed by atoms with van der Waals surface area (Å²) in [5.74, 6) is -0.775. The summed E-state index contributed by atoms with van der Waals surface area (Å²) in [6.45, 7) is 1.63. The molecule has 3 heteroatoms. The fourth-order valence-electron chi connectivity index (χ4n) is 1.21. The molecule has 10 heavy (non-hydrogen) atoms. The zero-order chi connectivity index (χ0) is 7.78. The largest absolute Gasteiger partial charge is 0.481 e. The Kier molecular flexibility index (Phi) is 1.50. The van der Waals surface area contributed by atoms with E-state index in [1.165, 1.54) is 0 Å². The first-order valence-corrected chi connectivity index (χ1v) is 3.30. The number of hydrogen-bond acceptors (Lipinski definition) is 2. The maximum absolute atomic E-state index is 10.7. The van der Waals surface area contributed by atoms with E-state index in [0.717, 1.165) is 0 Å². The molecule has 0 saturated heterocycles. The monoisotopic (exact) mass is 142 g/mol. The fraction of sp³-hybridized carbons (Fsp3) is 0.714. The number of carbonyl (C=O) groups excluding carboxylic acids is 1. The molecule has 0 bridgehead atoms. The van der Waals surface area contributed by atoms with E-state index in [4.69, 9.17) is 5.11 Å². The van der Waals surface area contributed by atoms with Crippen molar-refractivity contribution < 1.29 is 14.7 Å². The van der Waals surface area contributed by atoms with Gasteiger partial charge in [0.2, 0.25) is 0 Å². The van der Waals surface area contributed by atoms with Crippen LogP contribution < -0.4 is 0 Å². The third-order valence-corrected chi connectivity index (χ3v) is 2.06. The highest BCUT2D eigenvalue weighted by Gasteiger charge is 2.40. The van der Waals surface area contributed by atoms with Crippen LogP contribution >= 0.6 is 0 Å². The Morgan fingerprint density at radius 1 is 1.70 bits per heavy atom. The highest BCUT2D eigenvalue weighted by Crippen LogP contribution is 2.35. The van der Waals surface area contributed by atoms with Gasteiger partial charge in [-0.25, -0.2) is 0 Å². The second kappa shape index (κ2) is 2.08. The van der Waals surface area contributed by atoms with Crippen LogP contribution in [0.5, 0.6) is 0 Å². The molecule has 1 aliphatic rings. The molecule has 0 spiro atoms. The first-order chi connectivity index (χ1) is 4.54. The Balaban J connectivity index is 2.72. The molecule has 1 atom stereocenters. The van der Waals surface area contributed by atoms with Crippen LogP contribution in [0, 0.1) is 5.41 Å². The molecule has 1 rings (SSSR count). The van der Waals surface area contributed by atoms with Crippen molar-refractivity contribution in [2.75, 3.05) is 0 Å². The summed E-state index contributed by atoms with van der Waals surface area (Å²) in [7, 11) is 0. The van der Waals surface area contributed by atoms with Crippen molar-refractivity contribution in [2.24, 2.45) is 5.41 Å². The highest BCUT2D eigenvalue weighted by atomic mass is 16.4. The SMILES string of the molecule is C[C@]1(C(=O)O)CCC(=O)C1. The summed E-state index contributed by atoms with van der Waals surface area (Å²) >= 11 is 0. The smallest absolute Gasteiger partial charge is 0.309 e. The molecular formula is C7H10O3. The first kappa shape index (κ1) is 7.25. The Bertz CT molecular complexity index is 185. The first-order valence-electron chi connectivity index (χ1n) is 3.30. The molecule has 0 aromatic carbocycles. The standard InChI is InChI=1S/C7H10O3/c1-7(6(9)10)3-2-5(8)4-7/h2-4H2,1H3,(H,9,10)/t7-/m0/s1. The van der Waals surface area contributed by atoms with Crippen LogP contribution in [0.1, 0.15) is 26.2 Å². The van der Waals surface area contributed by atoms with Gasteiger partial charge in [0.05, 0.1) is 5.41 Å². The van der Waals surface area contributed by atoms with Crippen LogP contribution in [0.2, 0.25) is 0 Å². The minimum atomic E-state index is -0.849. The fourth-order valence-corrected chi connectivity index (χ4v) is 1.21. The number of rotatable bonds is 1. The third-order valence-electron chi connectivity index (χ3n) is 2.06. The lowest BCUT2D eigenvalue weighted by molar-refractivity contribution is -0.148. The number of aliphatic carboxylic acids is 1. The average Bonchev–Trinajstić information content (AvgIpc) is 2.13. The maximum Gasteiger partial charge on any atom is 0.309 e. The summed E-state index contributed by atoms with van der Waals surface area (Å²) in [5, 5.41) is 8.64. The summed E-state index contributed by atoms with van der Waals surface area (Å²) in [6, 6.07) is 0. The lowest BCUT2D eigenvalue weighted by Gasteiger charge is -2.14. The Morgan fingerprint density at radius 3 is 2.50 bits per heavy atom. The second-order valence-corrected chi connectivity index (χ2v) is 3.08. The van der Waals surface area contributed by atoms with Gasteiger partial charge in [0.1, 0.15) is 5.78 Å².